The van der Waals surface area contributed by atoms with Crippen LogP contribution in [-0.4, -0.2) is 92.4 Å². The third-order valence-electron chi connectivity index (χ3n) is 4.95. The first-order valence-corrected chi connectivity index (χ1v) is 8.51. The van der Waals surface area contributed by atoms with Crippen molar-refractivity contribution in [3.63, 3.8) is 0 Å². The Balaban J connectivity index is 0. The first kappa shape index (κ1) is 28.4. The number of aliphatic hydroxyl groups excluding tert-OH is 6. The van der Waals surface area contributed by atoms with E-state index in [1.54, 1.807) is 0 Å². The molecular weight excluding hydrogens is 376 g/mol. The predicted molar refractivity (Wildman–Crippen MR) is 99.3 cm³/mol. The quantitative estimate of drug-likeness (QED) is 0.178. The summed E-state index contributed by atoms with van der Waals surface area (Å²) in [6, 6.07) is 0. The Hall–Kier alpha value is -1.82. The van der Waals surface area contributed by atoms with Gasteiger partial charge in [-0.25, -0.2) is 9.59 Å². The molecule has 0 aliphatic heterocycles. The highest BCUT2D eigenvalue weighted by molar-refractivity contribution is 5.81. The maximum absolute atomic E-state index is 10.6. The van der Waals surface area contributed by atoms with Gasteiger partial charge in [-0.3, -0.25) is 0 Å². The predicted octanol–water partition coefficient (Wildman–Crippen LogP) is -1.40. The van der Waals surface area contributed by atoms with Gasteiger partial charge in [0.25, 0.3) is 0 Å². The lowest BCUT2D eigenvalue weighted by molar-refractivity contribution is -0.132. The van der Waals surface area contributed by atoms with Gasteiger partial charge in [0.05, 0.1) is 45.1 Å². The van der Waals surface area contributed by atoms with Crippen LogP contribution in [0, 0.1) is 16.2 Å². The van der Waals surface area contributed by atoms with Crippen molar-refractivity contribution >= 4 is 11.9 Å². The first-order valence-electron chi connectivity index (χ1n) is 8.51. The number of aliphatic carboxylic acids is 2. The summed E-state index contributed by atoms with van der Waals surface area (Å²) in [5, 5.41) is 71.3. The fraction of sp³-hybridized carbons (Fsp3) is 0.667. The zero-order valence-corrected chi connectivity index (χ0v) is 16.2. The van der Waals surface area contributed by atoms with Crippen LogP contribution in [0.4, 0.5) is 0 Å². The third-order valence-corrected chi connectivity index (χ3v) is 4.95. The van der Waals surface area contributed by atoms with Crippen LogP contribution in [0.5, 0.6) is 0 Å². The van der Waals surface area contributed by atoms with E-state index in [1.807, 2.05) is 6.92 Å². The summed E-state index contributed by atoms with van der Waals surface area (Å²) in [6.45, 7) is 0.819. The van der Waals surface area contributed by atoms with Gasteiger partial charge >= 0.3 is 11.9 Å². The van der Waals surface area contributed by atoms with Gasteiger partial charge in [0, 0.05) is 23.0 Å². The van der Waals surface area contributed by atoms with Crippen LogP contribution in [-0.2, 0) is 9.59 Å². The van der Waals surface area contributed by atoms with E-state index in [9.17, 15) is 24.9 Å². The minimum absolute atomic E-state index is 0.156. The zero-order valence-electron chi connectivity index (χ0n) is 16.2. The van der Waals surface area contributed by atoms with Crippen LogP contribution in [0.1, 0.15) is 20.3 Å². The van der Waals surface area contributed by atoms with Gasteiger partial charge in [0.1, 0.15) is 0 Å². The normalized spacial score (nSPS) is 14.6. The number of rotatable bonds is 12. The van der Waals surface area contributed by atoms with E-state index in [0.717, 1.165) is 24.3 Å². The van der Waals surface area contributed by atoms with E-state index in [0.29, 0.717) is 6.42 Å². The molecule has 164 valence electrons. The lowest BCUT2D eigenvalue weighted by Crippen LogP contribution is -2.47. The van der Waals surface area contributed by atoms with E-state index in [2.05, 4.69) is 0 Å². The van der Waals surface area contributed by atoms with Gasteiger partial charge in [0.2, 0.25) is 0 Å². The summed E-state index contributed by atoms with van der Waals surface area (Å²) in [6.07, 6.45) is 4.37. The average Bonchev–Trinajstić information content (AvgIpc) is 2.69. The van der Waals surface area contributed by atoms with Gasteiger partial charge < -0.3 is 40.9 Å². The van der Waals surface area contributed by atoms with Crippen molar-refractivity contribution in [2.24, 2.45) is 16.2 Å². The number of carboxylic acid groups (broad SMARTS) is 2. The molecule has 0 saturated carbocycles. The topological polar surface area (TPSA) is 196 Å². The minimum Gasteiger partial charge on any atom is -0.478 e. The molecule has 0 aliphatic rings. The molecule has 0 rings (SSSR count). The number of hydrogen-bond donors (Lipinski definition) is 8. The largest absolute Gasteiger partial charge is 0.478 e. The Bertz CT molecular complexity index is 469. The summed E-state index contributed by atoms with van der Waals surface area (Å²) in [4.78, 5) is 21.1. The standard InChI is InChI=1S/C12H18O7.C6H14O3/c1-11(4-2-9(16)17,5-3-10(18)19)12(6-13,7-14)8-15;1-2-6(3-7,4-8)5-9/h2-5,13-15H,6-8H2,1H3,(H,16,17)(H,18,19);7-9H,2-5H2,1H3. The Morgan fingerprint density at radius 3 is 1.18 bits per heavy atom. The van der Waals surface area contributed by atoms with E-state index < -0.39 is 48.0 Å². The highest BCUT2D eigenvalue weighted by Crippen LogP contribution is 2.41. The third kappa shape index (κ3) is 8.05. The van der Waals surface area contributed by atoms with Crippen LogP contribution in [0.15, 0.2) is 24.3 Å². The number of hydrogen-bond acceptors (Lipinski definition) is 8. The first-order chi connectivity index (χ1) is 13.0. The molecule has 8 N–H and O–H groups in total. The molecule has 0 amide bonds. The number of allylic oxidation sites excluding steroid dienone is 2. The molecule has 28 heavy (non-hydrogen) atoms. The maximum Gasteiger partial charge on any atom is 0.328 e. The SMILES string of the molecule is CC(C=CC(=O)O)(C=CC(=O)O)C(CO)(CO)CO.CCC(CO)(CO)CO. The number of aliphatic hydroxyl groups is 6. The van der Waals surface area contributed by atoms with Crippen LogP contribution >= 0.6 is 0 Å². The molecular formula is C18H32O10. The van der Waals surface area contributed by atoms with E-state index in [4.69, 9.17) is 25.5 Å². The van der Waals surface area contributed by atoms with Crippen molar-refractivity contribution in [2.75, 3.05) is 39.6 Å². The molecule has 0 aliphatic carbocycles. The van der Waals surface area contributed by atoms with Crippen molar-refractivity contribution in [3.8, 4) is 0 Å². The lowest BCUT2D eigenvalue weighted by atomic mass is 9.65. The van der Waals surface area contributed by atoms with Crippen molar-refractivity contribution < 1.29 is 50.4 Å². The van der Waals surface area contributed by atoms with Gasteiger partial charge in [-0.05, 0) is 6.42 Å². The van der Waals surface area contributed by atoms with E-state index in [-0.39, 0.29) is 19.8 Å². The Morgan fingerprint density at radius 2 is 1.04 bits per heavy atom. The van der Waals surface area contributed by atoms with E-state index in [1.165, 1.54) is 6.92 Å². The summed E-state index contributed by atoms with van der Waals surface area (Å²) in [5.74, 6) is -2.53. The van der Waals surface area contributed by atoms with Crippen molar-refractivity contribution in [1.82, 2.24) is 0 Å². The monoisotopic (exact) mass is 408 g/mol. The summed E-state index contributed by atoms with van der Waals surface area (Å²) in [5.41, 5.74) is -3.49. The lowest BCUT2D eigenvalue weighted by Gasteiger charge is -2.41. The molecule has 0 aromatic rings. The molecule has 0 aromatic heterocycles. The molecule has 10 nitrogen and oxygen atoms in total. The summed E-state index contributed by atoms with van der Waals surface area (Å²) in [7, 11) is 0. The van der Waals surface area contributed by atoms with Gasteiger partial charge in [0.15, 0.2) is 0 Å². The Labute approximate surface area is 163 Å². The smallest absolute Gasteiger partial charge is 0.328 e. The molecule has 0 atom stereocenters. The highest BCUT2D eigenvalue weighted by atomic mass is 16.4. The van der Waals surface area contributed by atoms with Crippen LogP contribution in [0.25, 0.3) is 0 Å². The second-order valence-corrected chi connectivity index (χ2v) is 6.71. The number of carbonyl (C=O) groups is 2. The molecule has 0 bridgehead atoms. The Kier molecular flexibility index (Phi) is 13.6. The summed E-state index contributed by atoms with van der Waals surface area (Å²) >= 11 is 0. The fourth-order valence-electron chi connectivity index (χ4n) is 2.04. The molecule has 0 unspecified atom stereocenters. The molecule has 10 heteroatoms. The van der Waals surface area contributed by atoms with Crippen molar-refractivity contribution in [2.45, 2.75) is 20.3 Å². The maximum atomic E-state index is 10.6. The minimum atomic E-state index is -1.48. The van der Waals surface area contributed by atoms with E-state index >= 15 is 0 Å². The van der Waals surface area contributed by atoms with Crippen molar-refractivity contribution in [3.05, 3.63) is 24.3 Å². The average molecular weight is 408 g/mol. The Morgan fingerprint density at radius 1 is 0.714 bits per heavy atom. The molecule has 0 spiro atoms. The molecule has 0 radical (unpaired) electrons. The van der Waals surface area contributed by atoms with Gasteiger partial charge in [-0.1, -0.05) is 26.0 Å². The highest BCUT2D eigenvalue weighted by Gasteiger charge is 2.44. The molecule has 0 aromatic carbocycles. The molecule has 0 saturated heterocycles. The van der Waals surface area contributed by atoms with Crippen LogP contribution in [0.2, 0.25) is 0 Å². The second-order valence-electron chi connectivity index (χ2n) is 6.71. The van der Waals surface area contributed by atoms with Crippen LogP contribution < -0.4 is 0 Å². The molecule has 0 heterocycles. The second kappa shape index (κ2) is 13.4. The zero-order chi connectivity index (χ0) is 22.4. The van der Waals surface area contributed by atoms with Gasteiger partial charge in [-0.2, -0.15) is 0 Å². The van der Waals surface area contributed by atoms with Gasteiger partial charge in [-0.15, -0.1) is 0 Å². The summed E-state index contributed by atoms with van der Waals surface area (Å²) < 4.78 is 0. The van der Waals surface area contributed by atoms with Crippen molar-refractivity contribution in [1.29, 1.82) is 0 Å². The van der Waals surface area contributed by atoms with Crippen LogP contribution in [0.3, 0.4) is 0 Å². The number of carboxylic acids is 2. The fourth-order valence-corrected chi connectivity index (χ4v) is 2.04. The molecule has 0 fully saturated rings.